The molecule has 6 heteroatoms. The molecule has 2 aliphatic rings. The van der Waals surface area contributed by atoms with Crippen LogP contribution in [0.3, 0.4) is 0 Å². The van der Waals surface area contributed by atoms with Crippen molar-refractivity contribution in [3.8, 4) is 0 Å². The molecule has 1 saturated heterocycles. The van der Waals surface area contributed by atoms with E-state index in [2.05, 4.69) is 10.6 Å². The van der Waals surface area contributed by atoms with Gasteiger partial charge in [-0.1, -0.05) is 12.1 Å². The molecule has 2 amide bonds. The van der Waals surface area contributed by atoms with Gasteiger partial charge in [0.2, 0.25) is 5.91 Å². The third-order valence-corrected chi connectivity index (χ3v) is 4.40. The van der Waals surface area contributed by atoms with Crippen molar-refractivity contribution in [1.29, 1.82) is 0 Å². The smallest absolute Gasteiger partial charge is 0.253 e. The van der Waals surface area contributed by atoms with Gasteiger partial charge in [-0.3, -0.25) is 9.59 Å². The molecule has 5 nitrogen and oxygen atoms in total. The quantitative estimate of drug-likeness (QED) is 0.883. The predicted octanol–water partition coefficient (Wildman–Crippen LogP) is 1.96. The van der Waals surface area contributed by atoms with E-state index < -0.39 is 0 Å². The Bertz CT molecular complexity index is 569. The van der Waals surface area contributed by atoms with E-state index in [1.165, 1.54) is 0 Å². The van der Waals surface area contributed by atoms with Crippen molar-refractivity contribution in [2.24, 2.45) is 5.92 Å². The fourth-order valence-corrected chi connectivity index (χ4v) is 2.92. The van der Waals surface area contributed by atoms with Gasteiger partial charge in [0.05, 0.1) is 11.3 Å². The highest BCUT2D eigenvalue weighted by molar-refractivity contribution is 6.05. The Labute approximate surface area is 143 Å². The second-order valence-corrected chi connectivity index (χ2v) is 6.21. The van der Waals surface area contributed by atoms with Gasteiger partial charge in [-0.2, -0.15) is 0 Å². The van der Waals surface area contributed by atoms with Crippen LogP contribution in [0.1, 0.15) is 36.0 Å². The van der Waals surface area contributed by atoms with Crippen LogP contribution in [0.15, 0.2) is 24.3 Å². The zero-order valence-corrected chi connectivity index (χ0v) is 14.2. The number of carbonyl (C=O) groups excluding carboxylic acids is 2. The number of piperidine rings is 1. The Kier molecular flexibility index (Phi) is 6.02. The average molecular weight is 338 g/mol. The van der Waals surface area contributed by atoms with Crippen molar-refractivity contribution in [2.45, 2.75) is 31.7 Å². The maximum Gasteiger partial charge on any atom is 0.253 e. The van der Waals surface area contributed by atoms with Gasteiger partial charge in [0.25, 0.3) is 5.91 Å². The molecule has 0 aromatic heterocycles. The predicted molar refractivity (Wildman–Crippen MR) is 93.2 cm³/mol. The fraction of sp³-hybridized carbons (Fsp3) is 0.529. The highest BCUT2D eigenvalue weighted by Gasteiger charge is 2.33. The van der Waals surface area contributed by atoms with Crippen LogP contribution < -0.4 is 15.5 Å². The third-order valence-electron chi connectivity index (χ3n) is 4.40. The number of hydrogen-bond donors (Lipinski definition) is 2. The summed E-state index contributed by atoms with van der Waals surface area (Å²) in [6.07, 6.45) is 4.00. The zero-order chi connectivity index (χ0) is 15.5. The van der Waals surface area contributed by atoms with Gasteiger partial charge in [0.1, 0.15) is 0 Å². The topological polar surface area (TPSA) is 61.4 Å². The molecule has 0 unspecified atom stereocenters. The second-order valence-electron chi connectivity index (χ2n) is 6.21. The molecule has 1 aliphatic heterocycles. The number of para-hydroxylation sites is 1. The van der Waals surface area contributed by atoms with E-state index in [0.717, 1.165) is 38.8 Å². The molecule has 3 rings (SSSR count). The maximum absolute atomic E-state index is 12.6. The van der Waals surface area contributed by atoms with Gasteiger partial charge < -0.3 is 15.5 Å². The molecule has 126 valence electrons. The molecule has 1 aliphatic carbocycles. The lowest BCUT2D eigenvalue weighted by molar-refractivity contribution is -0.119. The van der Waals surface area contributed by atoms with Crippen LogP contribution in [-0.2, 0) is 4.79 Å². The van der Waals surface area contributed by atoms with Crippen molar-refractivity contribution in [1.82, 2.24) is 10.6 Å². The monoisotopic (exact) mass is 337 g/mol. The molecule has 0 bridgehead atoms. The van der Waals surface area contributed by atoms with E-state index in [-0.39, 0.29) is 36.2 Å². The molecule has 2 N–H and O–H groups in total. The lowest BCUT2D eigenvalue weighted by Gasteiger charge is -2.25. The van der Waals surface area contributed by atoms with E-state index in [9.17, 15) is 9.59 Å². The summed E-state index contributed by atoms with van der Waals surface area (Å²) in [4.78, 5) is 26.5. The first-order chi connectivity index (χ1) is 10.7. The van der Waals surface area contributed by atoms with Crippen molar-refractivity contribution >= 4 is 29.9 Å². The normalized spacial score (nSPS) is 20.3. The van der Waals surface area contributed by atoms with Crippen molar-refractivity contribution < 1.29 is 9.59 Å². The number of nitrogens with zero attached hydrogens (tertiary/aromatic N) is 1. The summed E-state index contributed by atoms with van der Waals surface area (Å²) < 4.78 is 0. The van der Waals surface area contributed by atoms with E-state index in [1.807, 2.05) is 18.2 Å². The summed E-state index contributed by atoms with van der Waals surface area (Å²) >= 11 is 0. The fourth-order valence-electron chi connectivity index (χ4n) is 2.92. The summed E-state index contributed by atoms with van der Waals surface area (Å²) in [7, 11) is 1.76. The Morgan fingerprint density at radius 3 is 2.61 bits per heavy atom. The van der Waals surface area contributed by atoms with Crippen LogP contribution in [0.25, 0.3) is 0 Å². The number of anilines is 1. The number of halogens is 1. The Morgan fingerprint density at radius 2 is 1.96 bits per heavy atom. The van der Waals surface area contributed by atoms with Gasteiger partial charge in [-0.15, -0.1) is 12.4 Å². The standard InChI is InChI=1S/C17H23N3O2.ClH/c1-20(17(22)12-8-9-12)15-7-3-2-6-14(15)16(21)19-13-5-4-10-18-11-13;/h2-3,6-7,12-13,18H,4-5,8-11H2,1H3,(H,19,21);1H/t13-;/m0./s1. The minimum absolute atomic E-state index is 0. The molecule has 0 radical (unpaired) electrons. The minimum Gasteiger partial charge on any atom is -0.348 e. The second kappa shape index (κ2) is 7.79. The molecular formula is C17H24ClN3O2. The molecule has 1 aromatic carbocycles. The van der Waals surface area contributed by atoms with Gasteiger partial charge >= 0.3 is 0 Å². The van der Waals surface area contributed by atoms with Gasteiger partial charge in [0, 0.05) is 25.6 Å². The summed E-state index contributed by atoms with van der Waals surface area (Å²) in [5.74, 6) is 0.156. The van der Waals surface area contributed by atoms with Crippen molar-refractivity contribution in [3.05, 3.63) is 29.8 Å². The SMILES string of the molecule is CN(C(=O)C1CC1)c1ccccc1C(=O)N[C@H]1CCCNC1.Cl. The van der Waals surface area contributed by atoms with Crippen LogP contribution in [-0.4, -0.2) is 38.0 Å². The van der Waals surface area contributed by atoms with E-state index in [1.54, 1.807) is 18.0 Å². The van der Waals surface area contributed by atoms with Crippen LogP contribution >= 0.6 is 12.4 Å². The molecule has 23 heavy (non-hydrogen) atoms. The largest absolute Gasteiger partial charge is 0.348 e. The molecule has 2 fully saturated rings. The van der Waals surface area contributed by atoms with E-state index >= 15 is 0 Å². The maximum atomic E-state index is 12.6. The van der Waals surface area contributed by atoms with E-state index in [0.29, 0.717) is 11.3 Å². The Balaban J connectivity index is 0.00000192. The first-order valence-electron chi connectivity index (χ1n) is 8.05. The molecule has 1 saturated carbocycles. The summed E-state index contributed by atoms with van der Waals surface area (Å²) in [5, 5.41) is 6.37. The minimum atomic E-state index is -0.0975. The third kappa shape index (κ3) is 4.24. The highest BCUT2D eigenvalue weighted by atomic mass is 35.5. The lowest BCUT2D eigenvalue weighted by Crippen LogP contribution is -2.46. The number of amides is 2. The van der Waals surface area contributed by atoms with Crippen LogP contribution in [0.2, 0.25) is 0 Å². The van der Waals surface area contributed by atoms with E-state index in [4.69, 9.17) is 0 Å². The molecule has 1 heterocycles. The molecule has 1 aromatic rings. The van der Waals surface area contributed by atoms with Crippen LogP contribution in [0.4, 0.5) is 5.69 Å². The first-order valence-corrected chi connectivity index (χ1v) is 8.05. The number of hydrogen-bond acceptors (Lipinski definition) is 3. The molecule has 1 atom stereocenters. The van der Waals surface area contributed by atoms with Gasteiger partial charge in [-0.25, -0.2) is 0 Å². The van der Waals surface area contributed by atoms with Crippen LogP contribution in [0.5, 0.6) is 0 Å². The average Bonchev–Trinajstić information content (AvgIpc) is 3.39. The first kappa shape index (κ1) is 17.8. The number of rotatable bonds is 4. The summed E-state index contributed by atoms with van der Waals surface area (Å²) in [6.45, 7) is 1.83. The number of carbonyl (C=O) groups is 2. The molecular weight excluding hydrogens is 314 g/mol. The van der Waals surface area contributed by atoms with Crippen molar-refractivity contribution in [2.75, 3.05) is 25.0 Å². The molecule has 0 spiro atoms. The van der Waals surface area contributed by atoms with Crippen molar-refractivity contribution in [3.63, 3.8) is 0 Å². The summed E-state index contributed by atoms with van der Waals surface area (Å²) in [6, 6.07) is 7.50. The lowest BCUT2D eigenvalue weighted by atomic mass is 10.1. The number of nitrogens with one attached hydrogen (secondary N) is 2. The number of benzene rings is 1. The Morgan fingerprint density at radius 1 is 1.22 bits per heavy atom. The Hall–Kier alpha value is -1.59. The summed E-state index contributed by atoms with van der Waals surface area (Å²) in [5.41, 5.74) is 1.27. The zero-order valence-electron chi connectivity index (χ0n) is 13.4. The van der Waals surface area contributed by atoms with Crippen LogP contribution in [0, 0.1) is 5.92 Å². The van der Waals surface area contributed by atoms with Gasteiger partial charge in [-0.05, 0) is 44.4 Å². The van der Waals surface area contributed by atoms with Gasteiger partial charge in [0.15, 0.2) is 0 Å². The highest BCUT2D eigenvalue weighted by Crippen LogP contribution is 2.33.